The predicted octanol–water partition coefficient (Wildman–Crippen LogP) is 3.63. The lowest BCUT2D eigenvalue weighted by Gasteiger charge is -2.35. The number of hydrogen-bond donors (Lipinski definition) is 1. The number of halogens is 1. The first-order valence-electron chi connectivity index (χ1n) is 9.64. The maximum Gasteiger partial charge on any atom is 0.231 e. The number of amides is 2. The Morgan fingerprint density at radius 3 is 2.14 bits per heavy atom. The molecule has 0 spiro atoms. The molecule has 0 saturated carbocycles. The monoisotopic (exact) mass is 383 g/mol. The topological polar surface area (TPSA) is 52.7 Å². The molecular formula is C22H26FN3O2. The van der Waals surface area contributed by atoms with Crippen molar-refractivity contribution in [2.75, 3.05) is 36.4 Å². The molecule has 2 aromatic rings. The van der Waals surface area contributed by atoms with E-state index in [2.05, 4.69) is 10.2 Å². The van der Waals surface area contributed by atoms with Gasteiger partial charge in [0.15, 0.2) is 0 Å². The summed E-state index contributed by atoms with van der Waals surface area (Å²) < 4.78 is 13.1. The number of hydrogen-bond acceptors (Lipinski definition) is 3. The maximum atomic E-state index is 13.1. The highest BCUT2D eigenvalue weighted by atomic mass is 19.1. The SMILES string of the molecule is CCC(C(=O)Nc1ccc(N2CCN(C(C)=O)CC2)cc1)c1ccc(F)cc1. The van der Waals surface area contributed by atoms with Crippen molar-refractivity contribution in [3.63, 3.8) is 0 Å². The Bertz CT molecular complexity index is 813. The van der Waals surface area contributed by atoms with Crippen molar-refractivity contribution in [2.24, 2.45) is 0 Å². The van der Waals surface area contributed by atoms with Crippen LogP contribution in [0.5, 0.6) is 0 Å². The molecule has 1 unspecified atom stereocenters. The molecule has 1 atom stereocenters. The van der Waals surface area contributed by atoms with Gasteiger partial charge in [-0.3, -0.25) is 9.59 Å². The zero-order valence-electron chi connectivity index (χ0n) is 16.3. The molecule has 1 N–H and O–H groups in total. The van der Waals surface area contributed by atoms with Gasteiger partial charge >= 0.3 is 0 Å². The van der Waals surface area contributed by atoms with Gasteiger partial charge in [0.25, 0.3) is 0 Å². The van der Waals surface area contributed by atoms with Crippen molar-refractivity contribution in [1.29, 1.82) is 0 Å². The minimum atomic E-state index is -0.320. The Labute approximate surface area is 165 Å². The summed E-state index contributed by atoms with van der Waals surface area (Å²) in [4.78, 5) is 28.2. The number of anilines is 2. The van der Waals surface area contributed by atoms with Gasteiger partial charge < -0.3 is 15.1 Å². The summed E-state index contributed by atoms with van der Waals surface area (Å²) in [5, 5.41) is 2.95. The lowest BCUT2D eigenvalue weighted by atomic mass is 9.95. The molecule has 2 aromatic carbocycles. The third-order valence-corrected chi connectivity index (χ3v) is 5.22. The molecular weight excluding hydrogens is 357 g/mol. The van der Waals surface area contributed by atoms with Gasteiger partial charge in [-0.2, -0.15) is 0 Å². The van der Waals surface area contributed by atoms with Crippen LogP contribution in [0, 0.1) is 5.82 Å². The molecule has 0 bridgehead atoms. The molecule has 0 aliphatic carbocycles. The summed E-state index contributed by atoms with van der Waals surface area (Å²) in [6, 6.07) is 13.8. The highest BCUT2D eigenvalue weighted by Crippen LogP contribution is 2.24. The fraction of sp³-hybridized carbons (Fsp3) is 0.364. The summed E-state index contributed by atoms with van der Waals surface area (Å²) in [5.74, 6) is -0.611. The van der Waals surface area contributed by atoms with Crippen LogP contribution in [0.15, 0.2) is 48.5 Å². The summed E-state index contributed by atoms with van der Waals surface area (Å²) in [5.41, 5.74) is 2.62. The second kappa shape index (κ2) is 8.87. The van der Waals surface area contributed by atoms with E-state index < -0.39 is 0 Å². The summed E-state index contributed by atoms with van der Waals surface area (Å²) >= 11 is 0. The standard InChI is InChI=1S/C22H26FN3O2/c1-3-21(17-4-6-18(23)7-5-17)22(28)24-19-8-10-20(11-9-19)26-14-12-25(13-15-26)16(2)27/h4-11,21H,3,12-15H2,1-2H3,(H,24,28). The van der Waals surface area contributed by atoms with Crippen molar-refractivity contribution in [2.45, 2.75) is 26.2 Å². The van der Waals surface area contributed by atoms with Crippen LogP contribution >= 0.6 is 0 Å². The highest BCUT2D eigenvalue weighted by molar-refractivity contribution is 5.96. The van der Waals surface area contributed by atoms with Gasteiger partial charge in [-0.15, -0.1) is 0 Å². The first kappa shape index (κ1) is 19.9. The Morgan fingerprint density at radius 1 is 1.00 bits per heavy atom. The van der Waals surface area contributed by atoms with E-state index in [-0.39, 0.29) is 23.5 Å². The van der Waals surface area contributed by atoms with E-state index in [4.69, 9.17) is 0 Å². The molecule has 1 aliphatic rings. The molecule has 6 heteroatoms. The molecule has 1 saturated heterocycles. The Kier molecular flexibility index (Phi) is 6.29. The second-order valence-corrected chi connectivity index (χ2v) is 7.04. The van der Waals surface area contributed by atoms with E-state index in [1.165, 1.54) is 12.1 Å². The number of nitrogens with one attached hydrogen (secondary N) is 1. The van der Waals surface area contributed by atoms with Crippen LogP contribution < -0.4 is 10.2 Å². The van der Waals surface area contributed by atoms with E-state index in [1.54, 1.807) is 19.1 Å². The van der Waals surface area contributed by atoms with Gasteiger partial charge in [0, 0.05) is 44.5 Å². The van der Waals surface area contributed by atoms with Gasteiger partial charge in [-0.1, -0.05) is 19.1 Å². The molecule has 0 radical (unpaired) electrons. The molecule has 5 nitrogen and oxygen atoms in total. The summed E-state index contributed by atoms with van der Waals surface area (Å²) in [7, 11) is 0. The van der Waals surface area contributed by atoms with Crippen LogP contribution in [0.4, 0.5) is 15.8 Å². The van der Waals surface area contributed by atoms with E-state index in [1.807, 2.05) is 36.1 Å². The number of nitrogens with zero attached hydrogens (tertiary/aromatic N) is 2. The lowest BCUT2D eigenvalue weighted by molar-refractivity contribution is -0.129. The Hall–Kier alpha value is -2.89. The van der Waals surface area contributed by atoms with Crippen LogP contribution in [-0.2, 0) is 9.59 Å². The fourth-order valence-corrected chi connectivity index (χ4v) is 3.53. The van der Waals surface area contributed by atoms with Gasteiger partial charge in [0.1, 0.15) is 5.82 Å². The summed E-state index contributed by atoms with van der Waals surface area (Å²) in [6.07, 6.45) is 0.635. The molecule has 2 amide bonds. The molecule has 1 aliphatic heterocycles. The maximum absolute atomic E-state index is 13.1. The first-order valence-corrected chi connectivity index (χ1v) is 9.64. The van der Waals surface area contributed by atoms with Crippen LogP contribution in [0.3, 0.4) is 0 Å². The van der Waals surface area contributed by atoms with Crippen LogP contribution in [0.1, 0.15) is 31.7 Å². The smallest absolute Gasteiger partial charge is 0.231 e. The normalized spacial score (nSPS) is 15.2. The van der Waals surface area contributed by atoms with Crippen LogP contribution in [0.2, 0.25) is 0 Å². The van der Waals surface area contributed by atoms with E-state index in [0.717, 1.165) is 43.1 Å². The quantitative estimate of drug-likeness (QED) is 0.858. The first-order chi connectivity index (χ1) is 13.5. The molecule has 28 heavy (non-hydrogen) atoms. The lowest BCUT2D eigenvalue weighted by Crippen LogP contribution is -2.48. The van der Waals surface area contributed by atoms with E-state index in [0.29, 0.717) is 6.42 Å². The van der Waals surface area contributed by atoms with Crippen LogP contribution in [-0.4, -0.2) is 42.9 Å². The van der Waals surface area contributed by atoms with Gasteiger partial charge in [-0.05, 0) is 48.4 Å². The average molecular weight is 383 g/mol. The number of piperazine rings is 1. The molecule has 1 fully saturated rings. The van der Waals surface area contributed by atoms with E-state index >= 15 is 0 Å². The molecule has 148 valence electrons. The zero-order chi connectivity index (χ0) is 20.1. The average Bonchev–Trinajstić information content (AvgIpc) is 2.70. The van der Waals surface area contributed by atoms with Gasteiger partial charge in [0.2, 0.25) is 11.8 Å². The van der Waals surface area contributed by atoms with Crippen molar-refractivity contribution in [3.05, 3.63) is 59.9 Å². The zero-order valence-corrected chi connectivity index (χ0v) is 16.3. The fourth-order valence-electron chi connectivity index (χ4n) is 3.53. The minimum absolute atomic E-state index is 0.100. The minimum Gasteiger partial charge on any atom is -0.368 e. The molecule has 1 heterocycles. The predicted molar refractivity (Wildman–Crippen MR) is 109 cm³/mol. The van der Waals surface area contributed by atoms with Crippen LogP contribution in [0.25, 0.3) is 0 Å². The van der Waals surface area contributed by atoms with E-state index in [9.17, 15) is 14.0 Å². The second-order valence-electron chi connectivity index (χ2n) is 7.04. The Morgan fingerprint density at radius 2 is 1.61 bits per heavy atom. The van der Waals surface area contributed by atoms with Crippen molar-refractivity contribution >= 4 is 23.2 Å². The Balaban J connectivity index is 1.61. The third kappa shape index (κ3) is 4.68. The number of carbonyl (C=O) groups excluding carboxylic acids is 2. The van der Waals surface area contributed by atoms with Crippen molar-refractivity contribution < 1.29 is 14.0 Å². The molecule has 3 rings (SSSR count). The number of benzene rings is 2. The van der Waals surface area contributed by atoms with Crippen molar-refractivity contribution in [3.8, 4) is 0 Å². The highest BCUT2D eigenvalue weighted by Gasteiger charge is 2.20. The molecule has 0 aromatic heterocycles. The largest absolute Gasteiger partial charge is 0.368 e. The van der Waals surface area contributed by atoms with Gasteiger partial charge in [-0.25, -0.2) is 4.39 Å². The van der Waals surface area contributed by atoms with Crippen molar-refractivity contribution in [1.82, 2.24) is 4.90 Å². The third-order valence-electron chi connectivity index (χ3n) is 5.22. The van der Waals surface area contributed by atoms with Gasteiger partial charge in [0.05, 0.1) is 5.92 Å². The number of carbonyl (C=O) groups is 2. The number of rotatable bonds is 5. The summed E-state index contributed by atoms with van der Waals surface area (Å²) in [6.45, 7) is 6.59.